The van der Waals surface area contributed by atoms with E-state index in [-0.39, 0.29) is 0 Å². The summed E-state index contributed by atoms with van der Waals surface area (Å²) < 4.78 is 9.64. The van der Waals surface area contributed by atoms with Crippen LogP contribution in [0.4, 0.5) is 0 Å². The van der Waals surface area contributed by atoms with Crippen LogP contribution in [0.1, 0.15) is 13.3 Å². The van der Waals surface area contributed by atoms with Crippen LogP contribution in [0.3, 0.4) is 0 Å². The van der Waals surface area contributed by atoms with E-state index in [1.807, 2.05) is 6.92 Å². The normalized spacial score (nSPS) is 26.3. The average molecular weight is 212 g/mol. The molecule has 0 aromatic rings. The number of carbonyl (C=O) groups excluding carboxylic acids is 1. The van der Waals surface area contributed by atoms with Crippen molar-refractivity contribution in [2.24, 2.45) is 0 Å². The molecule has 4 heteroatoms. The maximum Gasteiger partial charge on any atom is 0.330 e. The van der Waals surface area contributed by atoms with E-state index >= 15 is 0 Å². The third-order valence-corrected chi connectivity index (χ3v) is 2.27. The number of ether oxygens (including phenoxy) is 2. The van der Waals surface area contributed by atoms with Gasteiger partial charge in [0.1, 0.15) is 11.7 Å². The van der Waals surface area contributed by atoms with Gasteiger partial charge in [-0.05, 0) is 13.0 Å². The van der Waals surface area contributed by atoms with Gasteiger partial charge in [0.15, 0.2) is 0 Å². The van der Waals surface area contributed by atoms with E-state index in [2.05, 4.69) is 11.3 Å². The number of aliphatic hydroxyl groups is 1. The number of hydrogen-bond donors (Lipinski definition) is 1. The number of esters is 1. The zero-order valence-electron chi connectivity index (χ0n) is 9.03. The summed E-state index contributed by atoms with van der Waals surface area (Å²) in [6.45, 7) is 6.14. The van der Waals surface area contributed by atoms with Crippen LogP contribution in [0.2, 0.25) is 0 Å². The van der Waals surface area contributed by atoms with Crippen LogP contribution in [0, 0.1) is 0 Å². The summed E-state index contributed by atoms with van der Waals surface area (Å²) in [6, 6.07) is 0. The summed E-state index contributed by atoms with van der Waals surface area (Å²) in [6.07, 6.45) is 2.39. The molecule has 1 aliphatic heterocycles. The Morgan fingerprint density at radius 1 is 1.80 bits per heavy atom. The Balaban J connectivity index is 2.53. The number of carbonyl (C=O) groups is 1. The van der Waals surface area contributed by atoms with Crippen molar-refractivity contribution in [3.05, 3.63) is 24.3 Å². The highest BCUT2D eigenvalue weighted by molar-refractivity contribution is 5.81. The van der Waals surface area contributed by atoms with Gasteiger partial charge >= 0.3 is 5.97 Å². The zero-order valence-corrected chi connectivity index (χ0v) is 9.03. The van der Waals surface area contributed by atoms with Crippen molar-refractivity contribution in [1.82, 2.24) is 0 Å². The van der Waals surface area contributed by atoms with Crippen molar-refractivity contribution < 1.29 is 19.4 Å². The molecule has 0 saturated carbocycles. The summed E-state index contributed by atoms with van der Waals surface area (Å²) in [5.74, 6) is -0.486. The molecular weight excluding hydrogens is 196 g/mol. The molecule has 1 unspecified atom stereocenters. The Morgan fingerprint density at radius 2 is 2.40 bits per heavy atom. The van der Waals surface area contributed by atoms with Crippen molar-refractivity contribution in [1.29, 1.82) is 0 Å². The molecule has 1 aliphatic rings. The zero-order chi connectivity index (χ0) is 11.5. The van der Waals surface area contributed by atoms with Gasteiger partial charge in [0.05, 0.1) is 13.7 Å². The lowest BCUT2D eigenvalue weighted by molar-refractivity contribution is -0.134. The molecule has 84 valence electrons. The number of hydrogen-bond acceptors (Lipinski definition) is 4. The molecule has 1 rings (SSSR count). The van der Waals surface area contributed by atoms with Crippen molar-refractivity contribution in [2.45, 2.75) is 25.0 Å². The Bertz CT molecular complexity index is 289. The highest BCUT2D eigenvalue weighted by atomic mass is 16.6. The molecule has 0 aromatic carbocycles. The van der Waals surface area contributed by atoms with E-state index < -0.39 is 17.7 Å². The van der Waals surface area contributed by atoms with Crippen LogP contribution in [0.25, 0.3) is 0 Å². The molecule has 0 bridgehead atoms. The molecule has 0 aliphatic carbocycles. The van der Waals surface area contributed by atoms with Gasteiger partial charge in [-0.1, -0.05) is 5.57 Å². The minimum absolute atomic E-state index is 0.486. The third-order valence-electron chi connectivity index (χ3n) is 2.27. The summed E-state index contributed by atoms with van der Waals surface area (Å²) in [5.41, 5.74) is 0.370. The van der Waals surface area contributed by atoms with Gasteiger partial charge in [0.2, 0.25) is 0 Å². The number of methoxy groups -OCH3 is 1. The highest BCUT2D eigenvalue weighted by Gasteiger charge is 2.49. The van der Waals surface area contributed by atoms with Crippen molar-refractivity contribution in [2.75, 3.05) is 13.7 Å². The maximum atomic E-state index is 10.8. The van der Waals surface area contributed by atoms with Crippen molar-refractivity contribution in [3.8, 4) is 0 Å². The van der Waals surface area contributed by atoms with Crippen LogP contribution >= 0.6 is 0 Å². The van der Waals surface area contributed by atoms with Gasteiger partial charge in [-0.2, -0.15) is 0 Å². The first-order valence-electron chi connectivity index (χ1n) is 4.73. The molecule has 1 heterocycles. The maximum absolute atomic E-state index is 10.8. The second-order valence-corrected chi connectivity index (χ2v) is 3.81. The lowest BCUT2D eigenvalue weighted by Crippen LogP contribution is -2.28. The SMILES string of the molecule is C=C(C)C[C@]1(C(O)/C=C/C(=O)OC)CO1. The van der Waals surface area contributed by atoms with Gasteiger partial charge in [-0.15, -0.1) is 6.58 Å². The monoisotopic (exact) mass is 212 g/mol. The van der Waals surface area contributed by atoms with Gasteiger partial charge in [0.25, 0.3) is 0 Å². The number of rotatable bonds is 5. The first-order valence-corrected chi connectivity index (χ1v) is 4.73. The van der Waals surface area contributed by atoms with Crippen LogP contribution in [0.15, 0.2) is 24.3 Å². The topological polar surface area (TPSA) is 59.1 Å². The standard InChI is InChI=1S/C11H16O4/c1-8(2)6-11(7-15-11)9(12)4-5-10(13)14-3/h4-5,9,12H,1,6-7H2,2-3H3/b5-4+/t9?,11-/m1/s1. The molecule has 4 nitrogen and oxygen atoms in total. The minimum atomic E-state index is -0.798. The third kappa shape index (κ3) is 3.18. The molecule has 1 saturated heterocycles. The number of aliphatic hydroxyl groups excluding tert-OH is 1. The fourth-order valence-corrected chi connectivity index (χ4v) is 1.39. The van der Waals surface area contributed by atoms with E-state index in [0.717, 1.165) is 5.57 Å². The molecule has 2 atom stereocenters. The first-order chi connectivity index (χ1) is 7.00. The molecule has 0 radical (unpaired) electrons. The Morgan fingerprint density at radius 3 is 2.80 bits per heavy atom. The predicted molar refractivity (Wildman–Crippen MR) is 55.3 cm³/mol. The molecule has 0 amide bonds. The number of epoxide rings is 1. The molecule has 1 N–H and O–H groups in total. The van der Waals surface area contributed by atoms with Crippen LogP contribution < -0.4 is 0 Å². The van der Waals surface area contributed by atoms with E-state index in [4.69, 9.17) is 4.74 Å². The van der Waals surface area contributed by atoms with Gasteiger partial charge in [0, 0.05) is 12.5 Å². The fraction of sp³-hybridized carbons (Fsp3) is 0.545. The molecule has 15 heavy (non-hydrogen) atoms. The lowest BCUT2D eigenvalue weighted by Gasteiger charge is -2.15. The molecular formula is C11H16O4. The molecule has 0 spiro atoms. The van der Waals surface area contributed by atoms with Crippen molar-refractivity contribution in [3.63, 3.8) is 0 Å². The van der Waals surface area contributed by atoms with Gasteiger partial charge < -0.3 is 14.6 Å². The van der Waals surface area contributed by atoms with Gasteiger partial charge in [-0.25, -0.2) is 4.79 Å². The van der Waals surface area contributed by atoms with Crippen LogP contribution in [0.5, 0.6) is 0 Å². The summed E-state index contributed by atoms with van der Waals surface area (Å²) in [7, 11) is 1.29. The second-order valence-electron chi connectivity index (χ2n) is 3.81. The van der Waals surface area contributed by atoms with E-state index in [1.165, 1.54) is 19.3 Å². The largest absolute Gasteiger partial charge is 0.466 e. The van der Waals surface area contributed by atoms with E-state index in [9.17, 15) is 9.90 Å². The summed E-state index contributed by atoms with van der Waals surface area (Å²) in [5, 5.41) is 9.77. The van der Waals surface area contributed by atoms with E-state index in [1.54, 1.807) is 0 Å². The van der Waals surface area contributed by atoms with E-state index in [0.29, 0.717) is 13.0 Å². The summed E-state index contributed by atoms with van der Waals surface area (Å²) >= 11 is 0. The Hall–Kier alpha value is -1.13. The molecule has 1 fully saturated rings. The average Bonchev–Trinajstić information content (AvgIpc) is 2.93. The lowest BCUT2D eigenvalue weighted by atomic mass is 9.95. The minimum Gasteiger partial charge on any atom is -0.466 e. The first kappa shape index (κ1) is 11.9. The smallest absolute Gasteiger partial charge is 0.330 e. The van der Waals surface area contributed by atoms with Crippen LogP contribution in [-0.4, -0.2) is 36.5 Å². The second kappa shape index (κ2) is 4.59. The quantitative estimate of drug-likeness (QED) is 0.317. The predicted octanol–water partition coefficient (Wildman–Crippen LogP) is 0.812. The van der Waals surface area contributed by atoms with Gasteiger partial charge in [-0.3, -0.25) is 0 Å². The van der Waals surface area contributed by atoms with Crippen LogP contribution in [-0.2, 0) is 14.3 Å². The molecule has 0 aromatic heterocycles. The van der Waals surface area contributed by atoms with Crippen molar-refractivity contribution >= 4 is 5.97 Å². The Kier molecular flexibility index (Phi) is 3.66. The summed E-state index contributed by atoms with van der Waals surface area (Å²) in [4.78, 5) is 10.8. The fourth-order valence-electron chi connectivity index (χ4n) is 1.39. The highest BCUT2D eigenvalue weighted by Crippen LogP contribution is 2.37. The Labute approximate surface area is 89.2 Å².